The standard InChI is InChI=1S/C19H31N3O3/c1-14-8-7-9-15(12-14)13-21-17(23)16(10-5-6-11-20)22-18(24)25-19(2,3)4/h7-9,12,16H,5-6,10-11,13,20H2,1-4H3,(H,21,23)(H,22,24). The summed E-state index contributed by atoms with van der Waals surface area (Å²) in [4.78, 5) is 24.5. The number of hydrogen-bond acceptors (Lipinski definition) is 4. The third-order valence-electron chi connectivity index (χ3n) is 3.50. The highest BCUT2D eigenvalue weighted by atomic mass is 16.6. The van der Waals surface area contributed by atoms with E-state index in [2.05, 4.69) is 10.6 Å². The second kappa shape index (κ2) is 10.0. The lowest BCUT2D eigenvalue weighted by atomic mass is 10.1. The van der Waals surface area contributed by atoms with E-state index in [1.165, 1.54) is 0 Å². The van der Waals surface area contributed by atoms with Crippen molar-refractivity contribution in [2.75, 3.05) is 6.54 Å². The van der Waals surface area contributed by atoms with Gasteiger partial charge in [-0.2, -0.15) is 0 Å². The van der Waals surface area contributed by atoms with Gasteiger partial charge < -0.3 is 21.1 Å². The zero-order valence-electron chi connectivity index (χ0n) is 15.7. The zero-order chi connectivity index (χ0) is 18.9. The van der Waals surface area contributed by atoms with Crippen molar-refractivity contribution < 1.29 is 14.3 Å². The third-order valence-corrected chi connectivity index (χ3v) is 3.50. The van der Waals surface area contributed by atoms with Crippen LogP contribution in [0.5, 0.6) is 0 Å². The lowest BCUT2D eigenvalue weighted by molar-refractivity contribution is -0.123. The Morgan fingerprint density at radius 3 is 2.56 bits per heavy atom. The molecular formula is C19H31N3O3. The van der Waals surface area contributed by atoms with E-state index in [0.717, 1.165) is 24.0 Å². The summed E-state index contributed by atoms with van der Waals surface area (Å²) in [6, 6.07) is 7.30. The number of aryl methyl sites for hydroxylation is 1. The molecule has 0 aliphatic heterocycles. The van der Waals surface area contributed by atoms with Gasteiger partial charge in [-0.05, 0) is 59.1 Å². The number of rotatable bonds is 8. The van der Waals surface area contributed by atoms with Crippen LogP contribution in [0.2, 0.25) is 0 Å². The average Bonchev–Trinajstić information content (AvgIpc) is 2.50. The van der Waals surface area contributed by atoms with Gasteiger partial charge in [0.05, 0.1) is 0 Å². The average molecular weight is 349 g/mol. The first-order valence-electron chi connectivity index (χ1n) is 8.74. The van der Waals surface area contributed by atoms with Gasteiger partial charge in [0.15, 0.2) is 0 Å². The van der Waals surface area contributed by atoms with Crippen molar-refractivity contribution in [2.24, 2.45) is 5.73 Å². The molecule has 0 saturated heterocycles. The van der Waals surface area contributed by atoms with E-state index in [1.54, 1.807) is 20.8 Å². The predicted octanol–water partition coefficient (Wildman–Crippen LogP) is 2.63. The van der Waals surface area contributed by atoms with E-state index in [9.17, 15) is 9.59 Å². The highest BCUT2D eigenvalue weighted by Crippen LogP contribution is 2.09. The van der Waals surface area contributed by atoms with Crippen molar-refractivity contribution in [1.82, 2.24) is 10.6 Å². The minimum Gasteiger partial charge on any atom is -0.444 e. The molecule has 0 fully saturated rings. The molecule has 4 N–H and O–H groups in total. The van der Waals surface area contributed by atoms with Crippen LogP contribution in [0.3, 0.4) is 0 Å². The van der Waals surface area contributed by atoms with Crippen LogP contribution >= 0.6 is 0 Å². The number of hydrogen-bond donors (Lipinski definition) is 3. The summed E-state index contributed by atoms with van der Waals surface area (Å²) in [5.41, 5.74) is 7.06. The number of carbonyl (C=O) groups excluding carboxylic acids is 2. The van der Waals surface area contributed by atoms with E-state index >= 15 is 0 Å². The summed E-state index contributed by atoms with van der Waals surface area (Å²) < 4.78 is 5.25. The number of amides is 2. The van der Waals surface area contributed by atoms with Gasteiger partial charge in [-0.3, -0.25) is 4.79 Å². The number of unbranched alkanes of at least 4 members (excludes halogenated alkanes) is 1. The molecule has 0 aromatic heterocycles. The van der Waals surface area contributed by atoms with Crippen molar-refractivity contribution in [1.29, 1.82) is 0 Å². The quantitative estimate of drug-likeness (QED) is 0.629. The van der Waals surface area contributed by atoms with Crippen LogP contribution in [0.4, 0.5) is 4.79 Å². The molecule has 1 atom stereocenters. The maximum Gasteiger partial charge on any atom is 0.408 e. The molecule has 1 unspecified atom stereocenters. The van der Waals surface area contributed by atoms with Gasteiger partial charge in [-0.25, -0.2) is 4.79 Å². The van der Waals surface area contributed by atoms with Crippen molar-refractivity contribution in [2.45, 2.75) is 65.1 Å². The Balaban J connectivity index is 2.63. The molecule has 25 heavy (non-hydrogen) atoms. The van der Waals surface area contributed by atoms with Gasteiger partial charge in [0.2, 0.25) is 5.91 Å². The molecule has 140 valence electrons. The fourth-order valence-corrected chi connectivity index (χ4v) is 2.35. The smallest absolute Gasteiger partial charge is 0.408 e. The summed E-state index contributed by atoms with van der Waals surface area (Å²) in [6.45, 7) is 8.34. The Bertz CT molecular complexity index is 567. The summed E-state index contributed by atoms with van der Waals surface area (Å²) in [5, 5.41) is 5.55. The minimum atomic E-state index is -0.633. The Kier molecular flexibility index (Phi) is 8.41. The summed E-state index contributed by atoms with van der Waals surface area (Å²) >= 11 is 0. The van der Waals surface area contributed by atoms with Crippen molar-refractivity contribution >= 4 is 12.0 Å². The Hall–Kier alpha value is -2.08. The van der Waals surface area contributed by atoms with Crippen LogP contribution < -0.4 is 16.4 Å². The fourth-order valence-electron chi connectivity index (χ4n) is 2.35. The van der Waals surface area contributed by atoms with Crippen molar-refractivity contribution in [3.05, 3.63) is 35.4 Å². The maximum atomic E-state index is 12.5. The van der Waals surface area contributed by atoms with Crippen LogP contribution in [-0.2, 0) is 16.1 Å². The number of ether oxygens (including phenoxy) is 1. The Labute approximate surface area is 150 Å². The number of nitrogens with two attached hydrogens (primary N) is 1. The van der Waals surface area contributed by atoms with E-state index in [1.807, 2.05) is 31.2 Å². The van der Waals surface area contributed by atoms with Crippen LogP contribution in [0.1, 0.15) is 51.2 Å². The van der Waals surface area contributed by atoms with Gasteiger partial charge >= 0.3 is 6.09 Å². The second-order valence-corrected chi connectivity index (χ2v) is 7.19. The van der Waals surface area contributed by atoms with Gasteiger partial charge in [0, 0.05) is 6.54 Å². The van der Waals surface area contributed by atoms with E-state index in [-0.39, 0.29) is 5.91 Å². The largest absolute Gasteiger partial charge is 0.444 e. The fraction of sp³-hybridized carbons (Fsp3) is 0.579. The molecule has 1 aromatic rings. The van der Waals surface area contributed by atoms with Gasteiger partial charge in [0.1, 0.15) is 11.6 Å². The van der Waals surface area contributed by atoms with Crippen LogP contribution in [0, 0.1) is 6.92 Å². The number of nitrogens with one attached hydrogen (secondary N) is 2. The van der Waals surface area contributed by atoms with E-state index < -0.39 is 17.7 Å². The van der Waals surface area contributed by atoms with Crippen molar-refractivity contribution in [3.63, 3.8) is 0 Å². The topological polar surface area (TPSA) is 93.5 Å². The van der Waals surface area contributed by atoms with Crippen molar-refractivity contribution in [3.8, 4) is 0 Å². The van der Waals surface area contributed by atoms with Crippen LogP contribution in [-0.4, -0.2) is 30.2 Å². The molecule has 2 amide bonds. The molecule has 1 rings (SSSR count). The number of alkyl carbamates (subject to hydrolysis) is 1. The first-order chi connectivity index (χ1) is 11.7. The monoisotopic (exact) mass is 349 g/mol. The lowest BCUT2D eigenvalue weighted by Gasteiger charge is -2.23. The molecule has 0 heterocycles. The molecular weight excluding hydrogens is 318 g/mol. The summed E-state index contributed by atoms with van der Waals surface area (Å²) in [5.74, 6) is -0.218. The summed E-state index contributed by atoms with van der Waals surface area (Å²) in [6.07, 6.45) is 1.50. The molecule has 6 nitrogen and oxygen atoms in total. The third kappa shape index (κ3) is 9.10. The van der Waals surface area contributed by atoms with Gasteiger partial charge in [-0.1, -0.05) is 29.8 Å². The summed E-state index contributed by atoms with van der Waals surface area (Å²) in [7, 11) is 0. The van der Waals surface area contributed by atoms with Crippen LogP contribution in [0.25, 0.3) is 0 Å². The first kappa shape index (κ1) is 21.0. The van der Waals surface area contributed by atoms with Crippen LogP contribution in [0.15, 0.2) is 24.3 Å². The maximum absolute atomic E-state index is 12.5. The van der Waals surface area contributed by atoms with E-state index in [4.69, 9.17) is 10.5 Å². The molecule has 0 saturated carbocycles. The minimum absolute atomic E-state index is 0.218. The Morgan fingerprint density at radius 1 is 1.24 bits per heavy atom. The second-order valence-electron chi connectivity index (χ2n) is 7.19. The molecule has 1 aromatic carbocycles. The van der Waals surface area contributed by atoms with Gasteiger partial charge in [-0.15, -0.1) is 0 Å². The molecule has 0 aliphatic carbocycles. The highest BCUT2D eigenvalue weighted by Gasteiger charge is 2.23. The zero-order valence-corrected chi connectivity index (χ0v) is 15.7. The number of benzene rings is 1. The SMILES string of the molecule is Cc1cccc(CNC(=O)C(CCCCN)NC(=O)OC(C)(C)C)c1. The molecule has 0 radical (unpaired) electrons. The van der Waals surface area contributed by atoms with Gasteiger partial charge in [0.25, 0.3) is 0 Å². The molecule has 0 bridgehead atoms. The highest BCUT2D eigenvalue weighted by molar-refractivity contribution is 5.85. The van der Waals surface area contributed by atoms with E-state index in [0.29, 0.717) is 19.5 Å². The molecule has 0 aliphatic rings. The predicted molar refractivity (Wildman–Crippen MR) is 99.1 cm³/mol. The molecule has 0 spiro atoms. The Morgan fingerprint density at radius 2 is 1.96 bits per heavy atom. The molecule has 6 heteroatoms. The normalized spacial score (nSPS) is 12.4. The lowest BCUT2D eigenvalue weighted by Crippen LogP contribution is -2.48. The number of carbonyl (C=O) groups is 2. The first-order valence-corrected chi connectivity index (χ1v) is 8.74.